The first-order chi connectivity index (χ1) is 15.6. The summed E-state index contributed by atoms with van der Waals surface area (Å²) < 4.78 is 5.74. The van der Waals surface area contributed by atoms with Crippen LogP contribution < -0.4 is 5.32 Å². The number of rotatable bonds is 8. The Morgan fingerprint density at radius 3 is 2.56 bits per heavy atom. The molecule has 12 heteroatoms. The molecule has 0 atom stereocenters. The van der Waals surface area contributed by atoms with E-state index >= 15 is 0 Å². The first-order valence-corrected chi connectivity index (χ1v) is 11.9. The van der Waals surface area contributed by atoms with Gasteiger partial charge in [-0.2, -0.15) is 0 Å². The molecule has 0 bridgehead atoms. The predicted octanol–water partition coefficient (Wildman–Crippen LogP) is 5.25. The highest BCUT2D eigenvalue weighted by molar-refractivity contribution is 7.99. The molecule has 8 nitrogen and oxygen atoms in total. The third kappa shape index (κ3) is 6.19. The third-order valence-electron chi connectivity index (χ3n) is 3.87. The van der Waals surface area contributed by atoms with E-state index in [2.05, 4.69) is 42.6 Å². The Kier molecular flexibility index (Phi) is 7.59. The Morgan fingerprint density at radius 1 is 1.00 bits per heavy atom. The highest BCUT2D eigenvalue weighted by Gasteiger charge is 2.16. The lowest BCUT2D eigenvalue weighted by Gasteiger charge is -2.05. The molecular weight excluding hydrogens is 491 g/mol. The Bertz CT molecular complexity index is 1210. The van der Waals surface area contributed by atoms with Gasteiger partial charge in [-0.25, -0.2) is 15.0 Å². The first-order valence-electron chi connectivity index (χ1n) is 9.15. The van der Waals surface area contributed by atoms with Crippen molar-refractivity contribution in [1.82, 2.24) is 25.1 Å². The minimum Gasteiger partial charge on any atom is -0.411 e. The molecule has 4 aromatic rings. The van der Waals surface area contributed by atoms with Crippen molar-refractivity contribution in [3.63, 3.8) is 0 Å². The molecule has 0 aliphatic rings. The summed E-state index contributed by atoms with van der Waals surface area (Å²) in [7, 11) is 0. The summed E-state index contributed by atoms with van der Waals surface area (Å²) in [5.41, 5.74) is 1.92. The summed E-state index contributed by atoms with van der Waals surface area (Å²) in [5.74, 6) is 0.763. The number of hydrogen-bond acceptors (Lipinski definition) is 9. The normalized spacial score (nSPS) is 10.8. The number of carbonyl (C=O) groups excluding carboxylic acids is 1. The largest absolute Gasteiger partial charge is 0.411 e. The number of aromatic nitrogens is 5. The number of benzene rings is 1. The van der Waals surface area contributed by atoms with Crippen LogP contribution in [0.2, 0.25) is 10.3 Å². The molecule has 3 aromatic heterocycles. The van der Waals surface area contributed by atoms with Crippen LogP contribution in [0, 0.1) is 0 Å². The topological polar surface area (TPSA) is 107 Å². The van der Waals surface area contributed by atoms with Crippen molar-refractivity contribution in [3.05, 3.63) is 70.6 Å². The van der Waals surface area contributed by atoms with E-state index in [0.717, 1.165) is 28.1 Å². The number of nitrogens with zero attached hydrogens (tertiary/aromatic N) is 5. The van der Waals surface area contributed by atoms with Gasteiger partial charge >= 0.3 is 0 Å². The summed E-state index contributed by atoms with van der Waals surface area (Å²) >= 11 is 14.3. The fourth-order valence-corrected chi connectivity index (χ4v) is 4.43. The van der Waals surface area contributed by atoms with Gasteiger partial charge in [-0.05, 0) is 17.7 Å². The van der Waals surface area contributed by atoms with E-state index in [1.165, 1.54) is 11.6 Å². The molecule has 0 aliphatic heterocycles. The molecule has 3 heterocycles. The number of anilines is 1. The fraction of sp³-hybridized carbons (Fsp3) is 0.100. The maximum absolute atomic E-state index is 12.2. The Labute approximate surface area is 201 Å². The molecule has 0 saturated heterocycles. The van der Waals surface area contributed by atoms with Crippen molar-refractivity contribution in [2.45, 2.75) is 16.0 Å². The molecule has 162 valence electrons. The van der Waals surface area contributed by atoms with E-state index in [0.29, 0.717) is 5.89 Å². The SMILES string of the molecule is O=C(CSc1nnc(-c2cccnc2SCc2ccccc2)o1)Nc1nc(Cl)cc(Cl)n1. The highest BCUT2D eigenvalue weighted by atomic mass is 35.5. The highest BCUT2D eigenvalue weighted by Crippen LogP contribution is 2.32. The Balaban J connectivity index is 1.38. The molecule has 0 spiro atoms. The van der Waals surface area contributed by atoms with Gasteiger partial charge in [-0.15, -0.1) is 22.0 Å². The van der Waals surface area contributed by atoms with Crippen LogP contribution in [-0.4, -0.2) is 36.8 Å². The van der Waals surface area contributed by atoms with Crippen LogP contribution in [-0.2, 0) is 10.5 Å². The minimum atomic E-state index is -0.367. The second-order valence-electron chi connectivity index (χ2n) is 6.18. The van der Waals surface area contributed by atoms with E-state index < -0.39 is 0 Å². The number of amides is 1. The Hall–Kier alpha value is -2.66. The van der Waals surface area contributed by atoms with Crippen molar-refractivity contribution in [2.24, 2.45) is 0 Å². The van der Waals surface area contributed by atoms with E-state index in [9.17, 15) is 4.79 Å². The zero-order valence-corrected chi connectivity index (χ0v) is 19.4. The molecule has 1 N–H and O–H groups in total. The fourth-order valence-electron chi connectivity index (χ4n) is 2.51. The lowest BCUT2D eigenvalue weighted by atomic mass is 10.2. The number of nitrogens with one attached hydrogen (secondary N) is 1. The molecular formula is C20H14Cl2N6O2S2. The van der Waals surface area contributed by atoms with Crippen molar-refractivity contribution in [1.29, 1.82) is 0 Å². The quantitative estimate of drug-likeness (QED) is 0.254. The first kappa shape index (κ1) is 22.5. The molecule has 0 fully saturated rings. The van der Waals surface area contributed by atoms with Gasteiger partial charge in [0.25, 0.3) is 11.1 Å². The molecule has 0 radical (unpaired) electrons. The standard InChI is InChI=1S/C20H14Cl2N6O2S2/c21-14-9-15(22)25-19(24-14)26-16(29)11-32-20-28-27-17(30-20)13-7-4-8-23-18(13)31-10-12-5-2-1-3-6-12/h1-9H,10-11H2,(H,24,25,26,29). The average molecular weight is 505 g/mol. The number of halogens is 2. The van der Waals surface area contributed by atoms with Gasteiger partial charge in [0.05, 0.1) is 11.3 Å². The minimum absolute atomic E-state index is 0.0117. The maximum atomic E-state index is 12.2. The van der Waals surface area contributed by atoms with Crippen molar-refractivity contribution in [2.75, 3.05) is 11.1 Å². The monoisotopic (exact) mass is 504 g/mol. The number of pyridine rings is 1. The zero-order valence-electron chi connectivity index (χ0n) is 16.2. The molecule has 0 aliphatic carbocycles. The van der Waals surface area contributed by atoms with E-state index in [1.54, 1.807) is 18.0 Å². The lowest BCUT2D eigenvalue weighted by Crippen LogP contribution is -2.16. The maximum Gasteiger partial charge on any atom is 0.277 e. The van der Waals surface area contributed by atoms with Crippen LogP contribution in [0.3, 0.4) is 0 Å². The van der Waals surface area contributed by atoms with E-state index in [4.69, 9.17) is 27.6 Å². The average Bonchev–Trinajstić information content (AvgIpc) is 3.25. The van der Waals surface area contributed by atoms with Crippen molar-refractivity contribution in [3.8, 4) is 11.5 Å². The van der Waals surface area contributed by atoms with Crippen molar-refractivity contribution >= 4 is 58.6 Å². The number of thioether (sulfide) groups is 2. The second-order valence-corrected chi connectivity index (χ2v) is 8.84. The van der Waals surface area contributed by atoms with Gasteiger partial charge in [0.2, 0.25) is 11.9 Å². The molecule has 1 amide bonds. The molecule has 4 rings (SSSR count). The van der Waals surface area contributed by atoms with E-state index in [-0.39, 0.29) is 33.1 Å². The molecule has 1 aromatic carbocycles. The van der Waals surface area contributed by atoms with Gasteiger partial charge in [0, 0.05) is 18.0 Å². The second kappa shape index (κ2) is 10.8. The summed E-state index contributed by atoms with van der Waals surface area (Å²) in [6.07, 6.45) is 1.72. The molecule has 0 saturated carbocycles. The van der Waals surface area contributed by atoms with Crippen LogP contribution in [0.5, 0.6) is 0 Å². The number of carbonyl (C=O) groups is 1. The summed E-state index contributed by atoms with van der Waals surface area (Å²) in [6.45, 7) is 0. The van der Waals surface area contributed by atoms with Gasteiger partial charge in [-0.1, -0.05) is 65.3 Å². The van der Waals surface area contributed by atoms with Crippen LogP contribution in [0.25, 0.3) is 11.5 Å². The molecule has 32 heavy (non-hydrogen) atoms. The molecule has 0 unspecified atom stereocenters. The third-order valence-corrected chi connectivity index (χ3v) is 6.15. The summed E-state index contributed by atoms with van der Waals surface area (Å²) in [4.78, 5) is 24.4. The van der Waals surface area contributed by atoms with Gasteiger partial charge in [0.1, 0.15) is 15.3 Å². The van der Waals surface area contributed by atoms with Crippen molar-refractivity contribution < 1.29 is 9.21 Å². The Morgan fingerprint density at radius 2 is 1.78 bits per heavy atom. The number of hydrogen-bond donors (Lipinski definition) is 1. The van der Waals surface area contributed by atoms with Gasteiger partial charge in [0.15, 0.2) is 0 Å². The zero-order chi connectivity index (χ0) is 22.3. The van der Waals surface area contributed by atoms with Crippen LogP contribution in [0.15, 0.2) is 69.4 Å². The van der Waals surface area contributed by atoms with Crippen LogP contribution in [0.4, 0.5) is 5.95 Å². The lowest BCUT2D eigenvalue weighted by molar-refractivity contribution is -0.113. The van der Waals surface area contributed by atoms with Crippen LogP contribution >= 0.6 is 46.7 Å². The van der Waals surface area contributed by atoms with Gasteiger partial charge < -0.3 is 4.42 Å². The van der Waals surface area contributed by atoms with E-state index in [1.807, 2.05) is 30.3 Å². The summed E-state index contributed by atoms with van der Waals surface area (Å²) in [6, 6.07) is 15.2. The predicted molar refractivity (Wildman–Crippen MR) is 125 cm³/mol. The summed E-state index contributed by atoms with van der Waals surface area (Å²) in [5, 5.41) is 11.9. The smallest absolute Gasteiger partial charge is 0.277 e. The van der Waals surface area contributed by atoms with Gasteiger partial charge in [-0.3, -0.25) is 10.1 Å². The van der Waals surface area contributed by atoms with Crippen LogP contribution in [0.1, 0.15) is 5.56 Å².